The SMILES string of the molecule is C=CC(=C)Sc1ccc2cc(CCc3cccc(CCc4ccc5cc(C=C)ccc5c4)c3)ccc2c1. The Hall–Kier alpha value is -3.81. The van der Waals surface area contributed by atoms with Crippen LogP contribution in [-0.2, 0) is 25.7 Å². The van der Waals surface area contributed by atoms with Gasteiger partial charge in [-0.25, -0.2) is 0 Å². The monoisotopic (exact) mass is 496 g/mol. The number of rotatable bonds is 10. The highest BCUT2D eigenvalue weighted by Gasteiger charge is 2.04. The van der Waals surface area contributed by atoms with Gasteiger partial charge in [0.05, 0.1) is 0 Å². The summed E-state index contributed by atoms with van der Waals surface area (Å²) in [6.45, 7) is 11.7. The molecule has 37 heavy (non-hydrogen) atoms. The summed E-state index contributed by atoms with van der Waals surface area (Å²) in [6.07, 6.45) is 7.90. The molecule has 0 amide bonds. The average Bonchev–Trinajstić information content (AvgIpc) is 2.94. The summed E-state index contributed by atoms with van der Waals surface area (Å²) in [6, 6.07) is 35.9. The van der Waals surface area contributed by atoms with Gasteiger partial charge in [-0.05, 0) is 93.2 Å². The molecule has 5 aromatic carbocycles. The molecule has 0 bridgehead atoms. The predicted molar refractivity (Wildman–Crippen MR) is 164 cm³/mol. The Bertz CT molecular complexity index is 1600. The summed E-state index contributed by atoms with van der Waals surface area (Å²) >= 11 is 1.66. The third-order valence-corrected chi connectivity index (χ3v) is 7.83. The number of hydrogen-bond acceptors (Lipinski definition) is 1. The van der Waals surface area contributed by atoms with Crippen molar-refractivity contribution in [1.29, 1.82) is 0 Å². The molecule has 0 aliphatic carbocycles. The molecule has 0 heterocycles. The van der Waals surface area contributed by atoms with E-state index in [2.05, 4.69) is 117 Å². The van der Waals surface area contributed by atoms with Gasteiger partial charge in [0, 0.05) is 9.80 Å². The lowest BCUT2D eigenvalue weighted by atomic mass is 9.97. The van der Waals surface area contributed by atoms with Crippen LogP contribution in [0, 0.1) is 0 Å². The van der Waals surface area contributed by atoms with Crippen LogP contribution in [0.3, 0.4) is 0 Å². The molecule has 1 heteroatoms. The van der Waals surface area contributed by atoms with Crippen LogP contribution in [0.1, 0.15) is 27.8 Å². The summed E-state index contributed by atoms with van der Waals surface area (Å²) in [5.74, 6) is 0. The van der Waals surface area contributed by atoms with Crippen LogP contribution in [0.15, 0.2) is 133 Å². The van der Waals surface area contributed by atoms with Crippen molar-refractivity contribution in [3.8, 4) is 0 Å². The molecule has 0 nitrogen and oxygen atoms in total. The van der Waals surface area contributed by atoms with Crippen LogP contribution in [0.25, 0.3) is 27.6 Å². The van der Waals surface area contributed by atoms with E-state index < -0.39 is 0 Å². The molecule has 0 radical (unpaired) electrons. The van der Waals surface area contributed by atoms with E-state index in [-0.39, 0.29) is 0 Å². The number of allylic oxidation sites excluding steroid dienone is 1. The quantitative estimate of drug-likeness (QED) is 0.137. The maximum atomic E-state index is 4.01. The van der Waals surface area contributed by atoms with Crippen LogP contribution in [0.2, 0.25) is 0 Å². The van der Waals surface area contributed by atoms with Crippen LogP contribution in [0.4, 0.5) is 0 Å². The Morgan fingerprint density at radius 2 is 1.08 bits per heavy atom. The van der Waals surface area contributed by atoms with E-state index in [4.69, 9.17) is 0 Å². The Morgan fingerprint density at radius 1 is 0.568 bits per heavy atom. The van der Waals surface area contributed by atoms with Gasteiger partial charge in [-0.3, -0.25) is 0 Å². The van der Waals surface area contributed by atoms with E-state index in [1.54, 1.807) is 17.8 Å². The minimum Gasteiger partial charge on any atom is -0.0985 e. The van der Waals surface area contributed by atoms with Gasteiger partial charge in [0.1, 0.15) is 0 Å². The standard InChI is InChI=1S/C36H32S/c1-4-26(3)37-36-20-19-34-24-31(15-18-35(34)25-36)12-10-29-8-6-7-28(21-29)9-11-30-14-17-32-22-27(5-2)13-16-33(32)23-30/h4-8,13-25H,1-3,9-12H2. The van der Waals surface area contributed by atoms with E-state index >= 15 is 0 Å². The normalized spacial score (nSPS) is 11.0. The van der Waals surface area contributed by atoms with Crippen molar-refractivity contribution < 1.29 is 0 Å². The minimum absolute atomic E-state index is 0.970. The lowest BCUT2D eigenvalue weighted by Crippen LogP contribution is -1.95. The molecule has 5 rings (SSSR count). The van der Waals surface area contributed by atoms with Gasteiger partial charge < -0.3 is 0 Å². The molecule has 0 fully saturated rings. The highest BCUT2D eigenvalue weighted by molar-refractivity contribution is 8.03. The van der Waals surface area contributed by atoms with Crippen LogP contribution in [0.5, 0.6) is 0 Å². The van der Waals surface area contributed by atoms with Crippen molar-refractivity contribution in [3.05, 3.63) is 156 Å². The summed E-state index contributed by atoms with van der Waals surface area (Å²) in [5.41, 5.74) is 6.74. The molecule has 0 atom stereocenters. The topological polar surface area (TPSA) is 0 Å². The van der Waals surface area contributed by atoms with Crippen molar-refractivity contribution in [2.75, 3.05) is 0 Å². The van der Waals surface area contributed by atoms with E-state index in [1.165, 1.54) is 54.3 Å². The molecule has 0 aliphatic heterocycles. The van der Waals surface area contributed by atoms with Gasteiger partial charge in [0.2, 0.25) is 0 Å². The maximum Gasteiger partial charge on any atom is 0.0128 e. The Balaban J connectivity index is 1.21. The maximum absolute atomic E-state index is 4.01. The van der Waals surface area contributed by atoms with E-state index in [0.29, 0.717) is 0 Å². The third kappa shape index (κ3) is 6.31. The number of aryl methyl sites for hydroxylation is 4. The highest BCUT2D eigenvalue weighted by atomic mass is 32.2. The zero-order valence-corrected chi connectivity index (χ0v) is 22.1. The van der Waals surface area contributed by atoms with Gasteiger partial charge in [-0.15, -0.1) is 0 Å². The molecule has 0 aromatic heterocycles. The summed E-state index contributed by atoms with van der Waals surface area (Å²) < 4.78 is 0. The number of fused-ring (bicyclic) bond motifs is 2. The van der Waals surface area contributed by atoms with Crippen molar-refractivity contribution in [2.45, 2.75) is 30.6 Å². The fourth-order valence-corrected chi connectivity index (χ4v) is 5.51. The smallest absolute Gasteiger partial charge is 0.0128 e. The van der Waals surface area contributed by atoms with Crippen molar-refractivity contribution >= 4 is 39.4 Å². The van der Waals surface area contributed by atoms with Gasteiger partial charge >= 0.3 is 0 Å². The summed E-state index contributed by atoms with van der Waals surface area (Å²) in [4.78, 5) is 2.17. The molecule has 0 unspecified atom stereocenters. The Kier molecular flexibility index (Phi) is 7.73. The fourth-order valence-electron chi connectivity index (χ4n) is 4.80. The first kappa shape index (κ1) is 24.9. The molecular formula is C36H32S. The predicted octanol–water partition coefficient (Wildman–Crippen LogP) is 10.00. The van der Waals surface area contributed by atoms with Crippen LogP contribution >= 0.6 is 11.8 Å². The molecule has 0 aliphatic rings. The Morgan fingerprint density at radius 3 is 1.68 bits per heavy atom. The van der Waals surface area contributed by atoms with E-state index in [9.17, 15) is 0 Å². The van der Waals surface area contributed by atoms with Gasteiger partial charge in [0.15, 0.2) is 0 Å². The number of thioether (sulfide) groups is 1. The van der Waals surface area contributed by atoms with Gasteiger partial charge in [-0.1, -0.05) is 123 Å². The highest BCUT2D eigenvalue weighted by Crippen LogP contribution is 2.29. The van der Waals surface area contributed by atoms with Gasteiger partial charge in [0.25, 0.3) is 0 Å². The molecule has 182 valence electrons. The zero-order valence-electron chi connectivity index (χ0n) is 21.3. The van der Waals surface area contributed by atoms with Crippen LogP contribution in [-0.4, -0.2) is 0 Å². The van der Waals surface area contributed by atoms with Crippen molar-refractivity contribution in [1.82, 2.24) is 0 Å². The number of hydrogen-bond donors (Lipinski definition) is 0. The van der Waals surface area contributed by atoms with Crippen molar-refractivity contribution in [2.24, 2.45) is 0 Å². The lowest BCUT2D eigenvalue weighted by Gasteiger charge is -2.09. The fraction of sp³-hybridized carbons (Fsp3) is 0.111. The lowest BCUT2D eigenvalue weighted by molar-refractivity contribution is 0.932. The summed E-state index contributed by atoms with van der Waals surface area (Å²) in [7, 11) is 0. The van der Waals surface area contributed by atoms with Crippen molar-refractivity contribution in [3.63, 3.8) is 0 Å². The average molecular weight is 497 g/mol. The van der Waals surface area contributed by atoms with Gasteiger partial charge in [-0.2, -0.15) is 0 Å². The molecular weight excluding hydrogens is 464 g/mol. The molecule has 0 saturated carbocycles. The molecule has 0 saturated heterocycles. The minimum atomic E-state index is 0.970. The molecule has 0 N–H and O–H groups in total. The molecule has 0 spiro atoms. The third-order valence-electron chi connectivity index (χ3n) is 6.91. The second-order valence-corrected chi connectivity index (χ2v) is 10.8. The first-order valence-electron chi connectivity index (χ1n) is 12.8. The second-order valence-electron chi connectivity index (χ2n) is 9.58. The van der Waals surface area contributed by atoms with Crippen LogP contribution < -0.4 is 0 Å². The summed E-state index contributed by atoms with van der Waals surface area (Å²) in [5, 5.41) is 5.12. The Labute approximate surface area is 225 Å². The zero-order chi connectivity index (χ0) is 25.6. The second kappa shape index (κ2) is 11.5. The number of benzene rings is 5. The van der Waals surface area contributed by atoms with E-state index in [1.807, 2.05) is 6.08 Å². The van der Waals surface area contributed by atoms with E-state index in [0.717, 1.165) is 30.6 Å². The first-order chi connectivity index (χ1) is 18.1. The largest absolute Gasteiger partial charge is 0.0985 e. The molecule has 5 aromatic rings. The first-order valence-corrected chi connectivity index (χ1v) is 13.7.